The molecule has 0 saturated carbocycles. The topological polar surface area (TPSA) is 12.0 Å². The highest BCUT2D eigenvalue weighted by Gasteiger charge is 2.10. The van der Waals surface area contributed by atoms with Gasteiger partial charge < -0.3 is 5.32 Å². The molecule has 0 fully saturated rings. The zero-order chi connectivity index (χ0) is 13.8. The molecule has 1 N–H and O–H groups in total. The van der Waals surface area contributed by atoms with Crippen LogP contribution in [0.15, 0.2) is 42.5 Å². The first-order chi connectivity index (χ1) is 9.08. The molecule has 4 heteroatoms. The molecule has 0 aromatic heterocycles. The Labute approximate surface area is 116 Å². The van der Waals surface area contributed by atoms with Gasteiger partial charge in [0.1, 0.15) is 11.6 Å². The van der Waals surface area contributed by atoms with Crippen molar-refractivity contribution in [2.24, 2.45) is 0 Å². The van der Waals surface area contributed by atoms with Crippen molar-refractivity contribution < 1.29 is 8.78 Å². The van der Waals surface area contributed by atoms with E-state index in [-0.39, 0.29) is 12.6 Å². The molecule has 2 rings (SSSR count). The maximum Gasteiger partial charge on any atom is 0.127 e. The van der Waals surface area contributed by atoms with Gasteiger partial charge in [0.2, 0.25) is 0 Å². The fourth-order valence-electron chi connectivity index (χ4n) is 1.88. The first-order valence-corrected chi connectivity index (χ1v) is 6.37. The fraction of sp³-hybridized carbons (Fsp3) is 0.200. The molecule has 19 heavy (non-hydrogen) atoms. The van der Waals surface area contributed by atoms with Crippen LogP contribution in [0, 0.1) is 11.6 Å². The summed E-state index contributed by atoms with van der Waals surface area (Å²) in [6.07, 6.45) is 0. The van der Waals surface area contributed by atoms with Crippen molar-refractivity contribution in [3.8, 4) is 0 Å². The Morgan fingerprint density at radius 1 is 1.16 bits per heavy atom. The predicted molar refractivity (Wildman–Crippen MR) is 73.1 cm³/mol. The van der Waals surface area contributed by atoms with E-state index < -0.39 is 11.6 Å². The van der Waals surface area contributed by atoms with Gasteiger partial charge in [-0.05, 0) is 36.8 Å². The standard InChI is InChI=1S/C15H14ClF2N/c1-10(13-4-2-3-5-14(13)16)19-9-11-8-12(17)6-7-15(11)18/h2-8,10,19H,9H2,1H3/t10-/m1/s1. The summed E-state index contributed by atoms with van der Waals surface area (Å²) in [7, 11) is 0. The highest BCUT2D eigenvalue weighted by molar-refractivity contribution is 6.31. The van der Waals surface area contributed by atoms with E-state index in [4.69, 9.17) is 11.6 Å². The Hall–Kier alpha value is -1.45. The molecular weight excluding hydrogens is 268 g/mol. The van der Waals surface area contributed by atoms with E-state index in [1.54, 1.807) is 6.07 Å². The summed E-state index contributed by atoms with van der Waals surface area (Å²) in [6.45, 7) is 2.17. The number of rotatable bonds is 4. The summed E-state index contributed by atoms with van der Waals surface area (Å²) in [6, 6.07) is 10.8. The summed E-state index contributed by atoms with van der Waals surface area (Å²) in [4.78, 5) is 0. The van der Waals surface area contributed by atoms with Crippen LogP contribution in [0.25, 0.3) is 0 Å². The number of nitrogens with one attached hydrogen (secondary N) is 1. The molecule has 1 atom stereocenters. The third kappa shape index (κ3) is 3.52. The van der Waals surface area contributed by atoms with Crippen LogP contribution in [0.5, 0.6) is 0 Å². The number of hydrogen-bond donors (Lipinski definition) is 1. The molecule has 0 radical (unpaired) electrons. The van der Waals surface area contributed by atoms with Crippen LogP contribution < -0.4 is 5.32 Å². The SMILES string of the molecule is C[C@@H](NCc1cc(F)ccc1F)c1ccccc1Cl. The first kappa shape index (κ1) is 14.0. The van der Waals surface area contributed by atoms with Gasteiger partial charge in [0.25, 0.3) is 0 Å². The van der Waals surface area contributed by atoms with Crippen LogP contribution >= 0.6 is 11.6 Å². The van der Waals surface area contributed by atoms with E-state index in [2.05, 4.69) is 5.32 Å². The van der Waals surface area contributed by atoms with Gasteiger partial charge in [-0.2, -0.15) is 0 Å². The van der Waals surface area contributed by atoms with Crippen molar-refractivity contribution >= 4 is 11.6 Å². The third-order valence-corrected chi connectivity index (χ3v) is 3.32. The Bertz CT molecular complexity index is 572. The van der Waals surface area contributed by atoms with Gasteiger partial charge >= 0.3 is 0 Å². The van der Waals surface area contributed by atoms with E-state index in [1.165, 1.54) is 6.07 Å². The van der Waals surface area contributed by atoms with Crippen molar-refractivity contribution in [1.82, 2.24) is 5.32 Å². The van der Waals surface area contributed by atoms with Crippen molar-refractivity contribution in [1.29, 1.82) is 0 Å². The van der Waals surface area contributed by atoms with Crippen molar-refractivity contribution in [3.05, 3.63) is 70.2 Å². The first-order valence-electron chi connectivity index (χ1n) is 5.99. The lowest BCUT2D eigenvalue weighted by Gasteiger charge is -2.16. The van der Waals surface area contributed by atoms with E-state index in [0.29, 0.717) is 10.6 Å². The third-order valence-electron chi connectivity index (χ3n) is 2.98. The van der Waals surface area contributed by atoms with Gasteiger partial charge in [-0.25, -0.2) is 8.78 Å². The van der Waals surface area contributed by atoms with Crippen LogP contribution in [-0.2, 0) is 6.54 Å². The minimum atomic E-state index is -0.441. The van der Waals surface area contributed by atoms with Gasteiger partial charge in [-0.15, -0.1) is 0 Å². The average Bonchev–Trinajstić information content (AvgIpc) is 2.40. The second kappa shape index (κ2) is 6.13. The monoisotopic (exact) mass is 281 g/mol. The van der Waals surface area contributed by atoms with Crippen LogP contribution in [0.4, 0.5) is 8.78 Å². The summed E-state index contributed by atoms with van der Waals surface area (Å²) in [5, 5.41) is 3.79. The maximum atomic E-state index is 13.5. The van der Waals surface area contributed by atoms with Crippen molar-refractivity contribution in [2.45, 2.75) is 19.5 Å². The van der Waals surface area contributed by atoms with Crippen molar-refractivity contribution in [3.63, 3.8) is 0 Å². The molecule has 0 amide bonds. The molecule has 0 unspecified atom stereocenters. The van der Waals surface area contributed by atoms with E-state index in [1.807, 2.05) is 25.1 Å². The van der Waals surface area contributed by atoms with Gasteiger partial charge in [0.15, 0.2) is 0 Å². The number of hydrogen-bond acceptors (Lipinski definition) is 1. The smallest absolute Gasteiger partial charge is 0.127 e. The molecule has 100 valence electrons. The second-order valence-corrected chi connectivity index (χ2v) is 4.77. The lowest BCUT2D eigenvalue weighted by Crippen LogP contribution is -2.19. The lowest BCUT2D eigenvalue weighted by molar-refractivity contribution is 0.535. The molecule has 0 aliphatic carbocycles. The molecule has 1 nitrogen and oxygen atoms in total. The largest absolute Gasteiger partial charge is 0.306 e. The highest BCUT2D eigenvalue weighted by atomic mass is 35.5. The Morgan fingerprint density at radius 3 is 2.63 bits per heavy atom. The van der Waals surface area contributed by atoms with E-state index >= 15 is 0 Å². The Kier molecular flexibility index (Phi) is 4.51. The van der Waals surface area contributed by atoms with E-state index in [0.717, 1.165) is 17.7 Å². The number of halogens is 3. The van der Waals surface area contributed by atoms with Crippen molar-refractivity contribution in [2.75, 3.05) is 0 Å². The van der Waals surface area contributed by atoms with Crippen LogP contribution in [0.2, 0.25) is 5.02 Å². The molecule has 0 aliphatic heterocycles. The Morgan fingerprint density at radius 2 is 1.89 bits per heavy atom. The Balaban J connectivity index is 2.06. The predicted octanol–water partition coefficient (Wildman–Crippen LogP) is 4.47. The molecule has 0 heterocycles. The molecule has 0 aliphatic rings. The highest BCUT2D eigenvalue weighted by Crippen LogP contribution is 2.22. The molecular formula is C15H14ClF2N. The summed E-state index contributed by atoms with van der Waals surface area (Å²) in [5.74, 6) is -0.858. The average molecular weight is 282 g/mol. The lowest BCUT2D eigenvalue weighted by atomic mass is 10.1. The van der Waals surface area contributed by atoms with Gasteiger partial charge in [0.05, 0.1) is 0 Å². The molecule has 2 aromatic rings. The second-order valence-electron chi connectivity index (χ2n) is 4.36. The van der Waals surface area contributed by atoms with Crippen LogP contribution in [0.3, 0.4) is 0 Å². The maximum absolute atomic E-state index is 13.5. The normalized spacial score (nSPS) is 12.4. The molecule has 2 aromatic carbocycles. The molecule has 0 spiro atoms. The van der Waals surface area contributed by atoms with Gasteiger partial charge in [-0.3, -0.25) is 0 Å². The minimum Gasteiger partial charge on any atom is -0.306 e. The number of benzene rings is 2. The minimum absolute atomic E-state index is 0.0450. The van der Waals surface area contributed by atoms with Crippen LogP contribution in [-0.4, -0.2) is 0 Å². The van der Waals surface area contributed by atoms with Gasteiger partial charge in [-0.1, -0.05) is 29.8 Å². The quantitative estimate of drug-likeness (QED) is 0.872. The summed E-state index contributed by atoms with van der Waals surface area (Å²) in [5.41, 5.74) is 1.24. The van der Waals surface area contributed by atoms with Gasteiger partial charge in [0, 0.05) is 23.2 Å². The summed E-state index contributed by atoms with van der Waals surface area (Å²) < 4.78 is 26.5. The fourth-order valence-corrected chi connectivity index (χ4v) is 2.18. The zero-order valence-corrected chi connectivity index (χ0v) is 11.2. The zero-order valence-electron chi connectivity index (χ0n) is 10.5. The van der Waals surface area contributed by atoms with Crippen LogP contribution in [0.1, 0.15) is 24.1 Å². The molecule has 0 saturated heterocycles. The molecule has 0 bridgehead atoms. The van der Waals surface area contributed by atoms with E-state index in [9.17, 15) is 8.78 Å². The summed E-state index contributed by atoms with van der Waals surface area (Å²) >= 11 is 6.08.